The lowest BCUT2D eigenvalue weighted by Gasteiger charge is -2.19. The number of nitrogens with zero attached hydrogens (tertiary/aromatic N) is 1. The highest BCUT2D eigenvalue weighted by molar-refractivity contribution is 6.10. The van der Waals surface area contributed by atoms with Gasteiger partial charge in [0.25, 0.3) is 5.91 Å². The van der Waals surface area contributed by atoms with E-state index in [1.807, 2.05) is 0 Å². The number of methoxy groups -OCH3 is 1. The third kappa shape index (κ3) is 3.79. The van der Waals surface area contributed by atoms with Crippen LogP contribution < -0.4 is 20.1 Å². The van der Waals surface area contributed by atoms with Gasteiger partial charge in [-0.2, -0.15) is 8.78 Å². The molecule has 1 saturated carbocycles. The zero-order valence-corrected chi connectivity index (χ0v) is 14.6. The molecule has 0 atom stereocenters. The predicted molar refractivity (Wildman–Crippen MR) is 89.7 cm³/mol. The number of nitrogens with one attached hydrogen (secondary N) is 2. The van der Waals surface area contributed by atoms with Crippen molar-refractivity contribution in [2.24, 2.45) is 0 Å². The minimum atomic E-state index is -3.06. The summed E-state index contributed by atoms with van der Waals surface area (Å²) in [6.45, 7) is -3.53. The molecule has 1 heterocycles. The first kappa shape index (κ1) is 18.9. The standard InChI is InChI=1S/C17H19F2N3O5/c1-26-11-5-4-10(8-12(11)27-15(18)19)20-13(23)9-22-14(24)17(21-16(22)25)6-2-3-7-17/h4-5,8,15H,2-3,6-7,9H2,1H3,(H,20,23)(H,21,25). The third-order valence-electron chi connectivity index (χ3n) is 4.67. The second-order valence-corrected chi connectivity index (χ2v) is 6.40. The van der Waals surface area contributed by atoms with Crippen molar-refractivity contribution < 1.29 is 32.6 Å². The lowest BCUT2D eigenvalue weighted by molar-refractivity contribution is -0.133. The topological polar surface area (TPSA) is 97.0 Å². The summed E-state index contributed by atoms with van der Waals surface area (Å²) in [5.41, 5.74) is -0.727. The van der Waals surface area contributed by atoms with E-state index in [1.165, 1.54) is 25.3 Å². The maximum Gasteiger partial charge on any atom is 0.387 e. The number of rotatable bonds is 6. The number of carbonyl (C=O) groups is 3. The molecular weight excluding hydrogens is 364 g/mol. The molecule has 1 aromatic rings. The van der Waals surface area contributed by atoms with Crippen LogP contribution in [-0.4, -0.2) is 48.6 Å². The molecular formula is C17H19F2N3O5. The van der Waals surface area contributed by atoms with Crippen molar-refractivity contribution >= 4 is 23.5 Å². The molecule has 2 fully saturated rings. The van der Waals surface area contributed by atoms with E-state index in [1.54, 1.807) is 0 Å². The second kappa shape index (κ2) is 7.37. The molecule has 0 bridgehead atoms. The number of urea groups is 1. The molecule has 0 aromatic heterocycles. The molecule has 0 radical (unpaired) electrons. The number of benzene rings is 1. The lowest BCUT2D eigenvalue weighted by atomic mass is 9.98. The number of hydrogen-bond donors (Lipinski definition) is 2. The van der Waals surface area contributed by atoms with Gasteiger partial charge in [-0.1, -0.05) is 12.8 Å². The fraction of sp³-hybridized carbons (Fsp3) is 0.471. The zero-order chi connectivity index (χ0) is 19.6. The molecule has 1 aromatic carbocycles. The van der Waals surface area contributed by atoms with E-state index >= 15 is 0 Å². The van der Waals surface area contributed by atoms with E-state index in [-0.39, 0.29) is 17.2 Å². The summed E-state index contributed by atoms with van der Waals surface area (Å²) in [7, 11) is 1.29. The maximum atomic E-state index is 12.5. The number of carbonyl (C=O) groups excluding carboxylic acids is 3. The summed E-state index contributed by atoms with van der Waals surface area (Å²) < 4.78 is 34.2. The highest BCUT2D eigenvalue weighted by Crippen LogP contribution is 2.35. The Balaban J connectivity index is 1.67. The Hall–Kier alpha value is -2.91. The van der Waals surface area contributed by atoms with Crippen molar-refractivity contribution in [3.05, 3.63) is 18.2 Å². The fourth-order valence-electron chi connectivity index (χ4n) is 3.42. The fourth-order valence-corrected chi connectivity index (χ4v) is 3.42. The first-order chi connectivity index (χ1) is 12.8. The van der Waals surface area contributed by atoms with Crippen molar-refractivity contribution in [2.75, 3.05) is 19.0 Å². The molecule has 2 N–H and O–H groups in total. The molecule has 4 amide bonds. The molecule has 1 aliphatic carbocycles. The summed E-state index contributed by atoms with van der Waals surface area (Å²) in [5, 5.41) is 5.14. The number of ether oxygens (including phenoxy) is 2. The predicted octanol–water partition coefficient (Wildman–Crippen LogP) is 2.10. The van der Waals surface area contributed by atoms with Crippen molar-refractivity contribution in [3.63, 3.8) is 0 Å². The Morgan fingerprint density at radius 3 is 2.63 bits per heavy atom. The van der Waals surface area contributed by atoms with E-state index in [9.17, 15) is 23.2 Å². The smallest absolute Gasteiger partial charge is 0.387 e. The highest BCUT2D eigenvalue weighted by atomic mass is 19.3. The highest BCUT2D eigenvalue weighted by Gasteiger charge is 2.52. The molecule has 8 nitrogen and oxygen atoms in total. The van der Waals surface area contributed by atoms with Crippen molar-refractivity contribution in [1.29, 1.82) is 0 Å². The molecule has 2 aliphatic rings. The molecule has 146 valence electrons. The number of anilines is 1. The van der Waals surface area contributed by atoms with Gasteiger partial charge in [0.15, 0.2) is 11.5 Å². The van der Waals surface area contributed by atoms with Crippen LogP contribution in [0.1, 0.15) is 25.7 Å². The summed E-state index contributed by atoms with van der Waals surface area (Å²) in [5.74, 6) is -1.21. The monoisotopic (exact) mass is 383 g/mol. The average molecular weight is 383 g/mol. The number of imide groups is 1. The maximum absolute atomic E-state index is 12.5. The van der Waals surface area contributed by atoms with Crippen molar-refractivity contribution in [3.8, 4) is 11.5 Å². The SMILES string of the molecule is COc1ccc(NC(=O)CN2C(=O)NC3(CCCC3)C2=O)cc1OC(F)F. The van der Waals surface area contributed by atoms with Gasteiger partial charge in [-0.15, -0.1) is 0 Å². The minimum absolute atomic E-state index is 0.0746. The number of alkyl halides is 2. The third-order valence-corrected chi connectivity index (χ3v) is 4.67. The van der Waals surface area contributed by atoms with Crippen LogP contribution in [0.3, 0.4) is 0 Å². The summed E-state index contributed by atoms with van der Waals surface area (Å²) >= 11 is 0. The van der Waals surface area contributed by atoms with Gasteiger partial charge in [0.1, 0.15) is 12.1 Å². The number of amides is 4. The Kier molecular flexibility index (Phi) is 5.15. The molecule has 1 aliphatic heterocycles. The molecule has 1 spiro atoms. The van der Waals surface area contributed by atoms with Crippen LogP contribution >= 0.6 is 0 Å². The second-order valence-electron chi connectivity index (χ2n) is 6.40. The van der Waals surface area contributed by atoms with Gasteiger partial charge in [-0.3, -0.25) is 14.5 Å². The van der Waals surface area contributed by atoms with Crippen LogP contribution in [-0.2, 0) is 9.59 Å². The van der Waals surface area contributed by atoms with Gasteiger partial charge < -0.3 is 20.1 Å². The number of hydrogen-bond acceptors (Lipinski definition) is 5. The zero-order valence-electron chi connectivity index (χ0n) is 14.6. The first-order valence-corrected chi connectivity index (χ1v) is 8.41. The van der Waals surface area contributed by atoms with Crippen LogP contribution in [0.2, 0.25) is 0 Å². The Bertz CT molecular complexity index is 765. The Morgan fingerprint density at radius 1 is 1.30 bits per heavy atom. The van der Waals surface area contributed by atoms with Crippen LogP contribution in [0.5, 0.6) is 11.5 Å². The molecule has 27 heavy (non-hydrogen) atoms. The van der Waals surface area contributed by atoms with Crippen molar-refractivity contribution in [1.82, 2.24) is 10.2 Å². The average Bonchev–Trinajstić information content (AvgIpc) is 3.16. The lowest BCUT2D eigenvalue weighted by Crippen LogP contribution is -2.44. The van der Waals surface area contributed by atoms with Gasteiger partial charge in [-0.25, -0.2) is 4.79 Å². The first-order valence-electron chi connectivity index (χ1n) is 8.41. The summed E-state index contributed by atoms with van der Waals surface area (Å²) in [6.07, 6.45) is 2.79. The van der Waals surface area contributed by atoms with E-state index < -0.39 is 36.5 Å². The van der Waals surface area contributed by atoms with E-state index in [4.69, 9.17) is 4.74 Å². The molecule has 0 unspecified atom stereocenters. The summed E-state index contributed by atoms with van der Waals surface area (Å²) in [4.78, 5) is 37.7. The molecule has 1 saturated heterocycles. The van der Waals surface area contributed by atoms with Crippen molar-refractivity contribution in [2.45, 2.75) is 37.8 Å². The molecule has 3 rings (SSSR count). The van der Waals surface area contributed by atoms with Gasteiger partial charge in [0.2, 0.25) is 5.91 Å². The quantitative estimate of drug-likeness (QED) is 0.734. The van der Waals surface area contributed by atoms with Gasteiger partial charge in [-0.05, 0) is 25.0 Å². The largest absolute Gasteiger partial charge is 0.493 e. The normalized spacial score (nSPS) is 18.1. The van der Waals surface area contributed by atoms with E-state index in [0.29, 0.717) is 12.8 Å². The van der Waals surface area contributed by atoms with Crippen LogP contribution in [0.15, 0.2) is 18.2 Å². The van der Waals surface area contributed by atoms with Gasteiger partial charge >= 0.3 is 12.6 Å². The van der Waals surface area contributed by atoms with Crippen LogP contribution in [0, 0.1) is 0 Å². The Morgan fingerprint density at radius 2 is 2.00 bits per heavy atom. The molecule has 10 heteroatoms. The van der Waals surface area contributed by atoms with Crippen LogP contribution in [0.25, 0.3) is 0 Å². The minimum Gasteiger partial charge on any atom is -0.493 e. The van der Waals surface area contributed by atoms with Crippen LogP contribution in [0.4, 0.5) is 19.3 Å². The van der Waals surface area contributed by atoms with E-state index in [0.717, 1.165) is 17.7 Å². The summed E-state index contributed by atoms with van der Waals surface area (Å²) in [6, 6.07) is 3.36. The van der Waals surface area contributed by atoms with Gasteiger partial charge in [0.05, 0.1) is 7.11 Å². The van der Waals surface area contributed by atoms with Gasteiger partial charge in [0, 0.05) is 11.8 Å². The Labute approximate surface area is 153 Å². The van der Waals surface area contributed by atoms with E-state index in [2.05, 4.69) is 15.4 Å². The number of halogens is 2.